The summed E-state index contributed by atoms with van der Waals surface area (Å²) in [6, 6.07) is 3.46. The Bertz CT molecular complexity index is 620. The number of benzene rings is 1. The van der Waals surface area contributed by atoms with Gasteiger partial charge in [0.25, 0.3) is 5.69 Å². The van der Waals surface area contributed by atoms with Crippen LogP contribution < -0.4 is 5.73 Å². The Hall–Kier alpha value is -2.07. The first-order valence-corrected chi connectivity index (χ1v) is 6.61. The zero-order valence-corrected chi connectivity index (χ0v) is 11.1. The molecule has 0 bridgehead atoms. The van der Waals surface area contributed by atoms with E-state index >= 15 is 0 Å². The minimum absolute atomic E-state index is 0.276. The van der Waals surface area contributed by atoms with E-state index in [1.165, 1.54) is 28.6 Å². The van der Waals surface area contributed by atoms with E-state index in [2.05, 4.69) is 15.5 Å². The van der Waals surface area contributed by atoms with Crippen molar-refractivity contribution in [2.24, 2.45) is 5.73 Å². The molecule has 1 aromatic heterocycles. The summed E-state index contributed by atoms with van der Waals surface area (Å²) in [4.78, 5) is 10.0. The van der Waals surface area contributed by atoms with Crippen LogP contribution in [0.25, 0.3) is 0 Å². The van der Waals surface area contributed by atoms with E-state index in [0.717, 1.165) is 6.07 Å². The highest BCUT2D eigenvalue weighted by Crippen LogP contribution is 2.23. The van der Waals surface area contributed by atoms with Crippen LogP contribution in [-0.4, -0.2) is 31.7 Å². The van der Waals surface area contributed by atoms with Gasteiger partial charge in [0.1, 0.15) is 5.82 Å². The number of hydrogen-bond acceptors (Lipinski definition) is 7. The molecule has 8 nitrogen and oxygen atoms in total. The number of nitrogens with two attached hydrogens (primary N) is 1. The van der Waals surface area contributed by atoms with Crippen LogP contribution in [0.5, 0.6) is 0 Å². The molecule has 0 amide bonds. The average Bonchev–Trinajstić information content (AvgIpc) is 2.83. The molecule has 0 radical (unpaired) electrons. The first-order valence-electron chi connectivity index (χ1n) is 5.63. The summed E-state index contributed by atoms with van der Waals surface area (Å²) in [5.74, 6) is -0.319. The summed E-state index contributed by atoms with van der Waals surface area (Å²) >= 11 is 1.26. The van der Waals surface area contributed by atoms with Crippen molar-refractivity contribution in [3.63, 3.8) is 0 Å². The maximum Gasteiger partial charge on any atom is 0.272 e. The van der Waals surface area contributed by atoms with Crippen molar-refractivity contribution in [3.05, 3.63) is 39.7 Å². The van der Waals surface area contributed by atoms with E-state index in [0.29, 0.717) is 29.6 Å². The van der Waals surface area contributed by atoms with Gasteiger partial charge in [-0.05, 0) is 22.1 Å². The van der Waals surface area contributed by atoms with Gasteiger partial charge in [-0.2, -0.15) is 0 Å². The number of nitrogens with zero attached hydrogens (tertiary/aromatic N) is 5. The molecule has 0 aliphatic heterocycles. The maximum absolute atomic E-state index is 13.3. The number of rotatable bonds is 6. The summed E-state index contributed by atoms with van der Waals surface area (Å²) in [6.07, 6.45) is 0. The van der Waals surface area contributed by atoms with E-state index in [1.807, 2.05) is 0 Å². The van der Waals surface area contributed by atoms with Gasteiger partial charge in [0.05, 0.1) is 17.5 Å². The third kappa shape index (κ3) is 3.48. The highest BCUT2D eigenvalue weighted by Gasteiger charge is 2.12. The van der Waals surface area contributed by atoms with Gasteiger partial charge in [0.15, 0.2) is 0 Å². The Kier molecular flexibility index (Phi) is 4.58. The average molecular weight is 298 g/mol. The minimum Gasteiger partial charge on any atom is -0.329 e. The number of thioether (sulfide) groups is 1. The topological polar surface area (TPSA) is 113 Å². The van der Waals surface area contributed by atoms with Gasteiger partial charge in [-0.3, -0.25) is 10.1 Å². The van der Waals surface area contributed by atoms with Crippen LogP contribution >= 0.6 is 11.8 Å². The van der Waals surface area contributed by atoms with Gasteiger partial charge >= 0.3 is 0 Å². The van der Waals surface area contributed by atoms with E-state index in [4.69, 9.17) is 5.73 Å². The van der Waals surface area contributed by atoms with E-state index < -0.39 is 10.7 Å². The molecule has 2 aromatic rings. The summed E-state index contributed by atoms with van der Waals surface area (Å²) in [5, 5.41) is 22.3. The second-order valence-electron chi connectivity index (χ2n) is 3.84. The molecular weight excluding hydrogens is 287 g/mol. The molecule has 0 atom stereocenters. The SMILES string of the molecule is NCCn1nnnc1SCc1cc(F)cc([N+](=O)[O-])c1. The highest BCUT2D eigenvalue weighted by molar-refractivity contribution is 7.98. The lowest BCUT2D eigenvalue weighted by molar-refractivity contribution is -0.385. The summed E-state index contributed by atoms with van der Waals surface area (Å²) < 4.78 is 14.8. The minimum atomic E-state index is -0.642. The van der Waals surface area contributed by atoms with Crippen LogP contribution in [0.2, 0.25) is 0 Å². The second-order valence-corrected chi connectivity index (χ2v) is 4.78. The molecule has 0 saturated heterocycles. The molecule has 2 rings (SSSR count). The third-order valence-corrected chi connectivity index (χ3v) is 3.39. The van der Waals surface area contributed by atoms with Gasteiger partial charge in [-0.25, -0.2) is 9.07 Å². The molecule has 0 unspecified atom stereocenters. The molecule has 0 saturated carbocycles. The summed E-state index contributed by atoms with van der Waals surface area (Å²) in [6.45, 7) is 0.864. The van der Waals surface area contributed by atoms with Crippen LogP contribution in [0.4, 0.5) is 10.1 Å². The predicted octanol–water partition coefficient (Wildman–Crippen LogP) is 0.971. The third-order valence-electron chi connectivity index (χ3n) is 2.36. The number of nitro benzene ring substituents is 1. The van der Waals surface area contributed by atoms with E-state index in [-0.39, 0.29) is 5.69 Å². The summed E-state index contributed by atoms with van der Waals surface area (Å²) in [5.41, 5.74) is 5.63. The second kappa shape index (κ2) is 6.39. The Morgan fingerprint density at radius 2 is 2.25 bits per heavy atom. The van der Waals surface area contributed by atoms with Gasteiger partial charge in [-0.15, -0.1) is 5.10 Å². The first-order chi connectivity index (χ1) is 9.60. The molecule has 20 heavy (non-hydrogen) atoms. The Morgan fingerprint density at radius 1 is 1.45 bits per heavy atom. The van der Waals surface area contributed by atoms with Crippen molar-refractivity contribution >= 4 is 17.4 Å². The number of hydrogen-bond donors (Lipinski definition) is 1. The quantitative estimate of drug-likeness (QED) is 0.480. The molecule has 1 heterocycles. The number of halogens is 1. The fourth-order valence-corrected chi connectivity index (χ4v) is 2.37. The monoisotopic (exact) mass is 298 g/mol. The molecule has 1 aromatic carbocycles. The van der Waals surface area contributed by atoms with Crippen molar-refractivity contribution in [1.82, 2.24) is 20.2 Å². The molecule has 106 valence electrons. The standard InChI is InChI=1S/C10H11FN6O2S/c11-8-3-7(4-9(5-8)17(18)19)6-20-10-13-14-15-16(10)2-1-12/h3-5H,1-2,6,12H2. The largest absolute Gasteiger partial charge is 0.329 e. The maximum atomic E-state index is 13.3. The molecule has 0 aliphatic carbocycles. The van der Waals surface area contributed by atoms with Gasteiger partial charge in [-0.1, -0.05) is 11.8 Å². The van der Waals surface area contributed by atoms with Crippen molar-refractivity contribution < 1.29 is 9.31 Å². The fourth-order valence-electron chi connectivity index (χ4n) is 1.53. The van der Waals surface area contributed by atoms with Crippen molar-refractivity contribution in [3.8, 4) is 0 Å². The van der Waals surface area contributed by atoms with Crippen LogP contribution in [0.3, 0.4) is 0 Å². The van der Waals surface area contributed by atoms with E-state index in [1.54, 1.807) is 0 Å². The number of non-ortho nitro benzene ring substituents is 1. The van der Waals surface area contributed by atoms with Crippen molar-refractivity contribution in [1.29, 1.82) is 0 Å². The normalized spacial score (nSPS) is 10.7. The van der Waals surface area contributed by atoms with Gasteiger partial charge in [0.2, 0.25) is 5.16 Å². The number of aromatic nitrogens is 4. The number of nitro groups is 1. The molecule has 0 aliphatic rings. The smallest absolute Gasteiger partial charge is 0.272 e. The zero-order chi connectivity index (χ0) is 14.5. The lowest BCUT2D eigenvalue weighted by Gasteiger charge is -2.03. The van der Waals surface area contributed by atoms with Crippen LogP contribution in [0.1, 0.15) is 5.56 Å². The van der Waals surface area contributed by atoms with Crippen LogP contribution in [0.15, 0.2) is 23.4 Å². The molecule has 2 N–H and O–H groups in total. The van der Waals surface area contributed by atoms with Crippen molar-refractivity contribution in [2.75, 3.05) is 6.54 Å². The van der Waals surface area contributed by atoms with E-state index in [9.17, 15) is 14.5 Å². The molecular formula is C10H11FN6O2S. The Morgan fingerprint density at radius 3 is 2.95 bits per heavy atom. The Balaban J connectivity index is 2.10. The van der Waals surface area contributed by atoms with Gasteiger partial charge < -0.3 is 5.73 Å². The highest BCUT2D eigenvalue weighted by atomic mass is 32.2. The first kappa shape index (κ1) is 14.3. The predicted molar refractivity (Wildman–Crippen MR) is 69.5 cm³/mol. The number of tetrazole rings is 1. The Labute approximate surface area is 117 Å². The molecule has 0 spiro atoms. The van der Waals surface area contributed by atoms with Crippen LogP contribution in [-0.2, 0) is 12.3 Å². The molecule has 0 fully saturated rings. The van der Waals surface area contributed by atoms with Crippen LogP contribution in [0, 0.1) is 15.9 Å². The lowest BCUT2D eigenvalue weighted by atomic mass is 10.2. The molecule has 10 heteroatoms. The lowest BCUT2D eigenvalue weighted by Crippen LogP contribution is -2.12. The zero-order valence-electron chi connectivity index (χ0n) is 10.3. The fraction of sp³-hybridized carbons (Fsp3) is 0.300. The summed E-state index contributed by atoms with van der Waals surface area (Å²) in [7, 11) is 0. The van der Waals surface area contributed by atoms with Gasteiger partial charge in [0, 0.05) is 18.4 Å². The van der Waals surface area contributed by atoms with Crippen molar-refractivity contribution in [2.45, 2.75) is 17.5 Å².